The molecule has 5 nitrogen and oxygen atoms in total. The van der Waals surface area contributed by atoms with E-state index in [0.717, 1.165) is 0 Å². The summed E-state index contributed by atoms with van der Waals surface area (Å²) in [4.78, 5) is 21.3. The fourth-order valence-electron chi connectivity index (χ4n) is 1.76. The normalized spacial score (nSPS) is 10.2. The fraction of sp³-hybridized carbons (Fsp3) is 0.214. The Balaban J connectivity index is 2.10. The number of carbonyl (C=O) groups excluding carboxylic acids is 1. The summed E-state index contributed by atoms with van der Waals surface area (Å²) >= 11 is 0. The second-order valence-corrected chi connectivity index (χ2v) is 4.22. The van der Waals surface area contributed by atoms with Gasteiger partial charge in [0.2, 0.25) is 0 Å². The average molecular weight is 275 g/mol. The minimum Gasteiger partial charge on any atom is -0.494 e. The van der Waals surface area contributed by atoms with Crippen LogP contribution in [0.2, 0.25) is 0 Å². The van der Waals surface area contributed by atoms with E-state index in [1.54, 1.807) is 13.1 Å². The maximum atomic E-state index is 13.6. The molecule has 0 N–H and O–H groups in total. The van der Waals surface area contributed by atoms with E-state index >= 15 is 0 Å². The monoisotopic (exact) mass is 275 g/mol. The highest BCUT2D eigenvalue weighted by Gasteiger charge is 2.14. The summed E-state index contributed by atoms with van der Waals surface area (Å²) in [5.74, 6) is -0.545. The quantitative estimate of drug-likeness (QED) is 0.855. The van der Waals surface area contributed by atoms with Crippen molar-refractivity contribution >= 4 is 5.91 Å². The molecule has 2 rings (SSSR count). The molecule has 6 heteroatoms. The lowest BCUT2D eigenvalue weighted by Crippen LogP contribution is -2.27. The molecule has 0 aliphatic rings. The molecule has 1 heterocycles. The van der Waals surface area contributed by atoms with E-state index in [2.05, 4.69) is 9.97 Å². The number of halogens is 1. The lowest BCUT2D eigenvalue weighted by Gasteiger charge is -2.17. The van der Waals surface area contributed by atoms with Crippen LogP contribution in [0.25, 0.3) is 0 Å². The van der Waals surface area contributed by atoms with Gasteiger partial charge in [-0.05, 0) is 17.7 Å². The Bertz CT molecular complexity index is 605. The number of methoxy groups -OCH3 is 1. The second kappa shape index (κ2) is 6.10. The maximum absolute atomic E-state index is 13.6. The van der Waals surface area contributed by atoms with Crippen molar-refractivity contribution in [1.29, 1.82) is 0 Å². The van der Waals surface area contributed by atoms with E-state index in [-0.39, 0.29) is 23.9 Å². The second-order valence-electron chi connectivity index (χ2n) is 4.22. The minimum atomic E-state index is -0.453. The lowest BCUT2D eigenvalue weighted by molar-refractivity contribution is 0.0778. The van der Waals surface area contributed by atoms with Gasteiger partial charge in [-0.1, -0.05) is 6.07 Å². The third-order valence-electron chi connectivity index (χ3n) is 2.76. The number of ether oxygens (including phenoxy) is 1. The Morgan fingerprint density at radius 2 is 2.20 bits per heavy atom. The van der Waals surface area contributed by atoms with E-state index in [0.29, 0.717) is 5.56 Å². The Labute approximate surface area is 116 Å². The zero-order valence-corrected chi connectivity index (χ0v) is 11.2. The Morgan fingerprint density at radius 1 is 1.40 bits per heavy atom. The molecule has 0 aliphatic heterocycles. The van der Waals surface area contributed by atoms with Crippen molar-refractivity contribution < 1.29 is 13.9 Å². The predicted molar refractivity (Wildman–Crippen MR) is 70.8 cm³/mol. The van der Waals surface area contributed by atoms with Gasteiger partial charge in [0.05, 0.1) is 13.3 Å². The Kier molecular flexibility index (Phi) is 4.24. The summed E-state index contributed by atoms with van der Waals surface area (Å²) in [7, 11) is 3.03. The van der Waals surface area contributed by atoms with Crippen LogP contribution in [-0.2, 0) is 6.54 Å². The van der Waals surface area contributed by atoms with Crippen molar-refractivity contribution in [3.05, 3.63) is 53.9 Å². The van der Waals surface area contributed by atoms with Crippen molar-refractivity contribution in [2.24, 2.45) is 0 Å². The highest BCUT2D eigenvalue weighted by atomic mass is 19.1. The maximum Gasteiger partial charge on any atom is 0.274 e. The zero-order chi connectivity index (χ0) is 14.5. The van der Waals surface area contributed by atoms with Gasteiger partial charge in [0.1, 0.15) is 5.69 Å². The molecule has 0 saturated carbocycles. The summed E-state index contributed by atoms with van der Waals surface area (Å²) in [5, 5.41) is 0. The van der Waals surface area contributed by atoms with E-state index in [1.807, 2.05) is 0 Å². The molecule has 0 unspecified atom stereocenters. The van der Waals surface area contributed by atoms with Crippen LogP contribution in [0.5, 0.6) is 5.75 Å². The molecule has 0 fully saturated rings. The van der Waals surface area contributed by atoms with Gasteiger partial charge in [0, 0.05) is 26.0 Å². The molecular formula is C14H14FN3O2. The number of hydrogen-bond donors (Lipinski definition) is 0. The van der Waals surface area contributed by atoms with Crippen LogP contribution in [0.3, 0.4) is 0 Å². The van der Waals surface area contributed by atoms with Crippen molar-refractivity contribution in [1.82, 2.24) is 14.9 Å². The Hall–Kier alpha value is -2.50. The number of aromatic nitrogens is 2. The SMILES string of the molecule is COc1ccc(CN(C)C(=O)c2cnccn2)cc1F. The molecule has 0 atom stereocenters. The molecule has 1 aromatic heterocycles. The van der Waals surface area contributed by atoms with Crippen LogP contribution >= 0.6 is 0 Å². The van der Waals surface area contributed by atoms with Crippen molar-refractivity contribution in [3.63, 3.8) is 0 Å². The van der Waals surface area contributed by atoms with E-state index < -0.39 is 5.82 Å². The predicted octanol–water partition coefficient (Wildman–Crippen LogP) is 1.90. The summed E-state index contributed by atoms with van der Waals surface area (Å²) in [6.07, 6.45) is 4.34. The molecule has 0 spiro atoms. The Morgan fingerprint density at radius 3 is 2.80 bits per heavy atom. The topological polar surface area (TPSA) is 55.3 Å². The zero-order valence-electron chi connectivity index (χ0n) is 11.2. The molecule has 0 saturated heterocycles. The first-order valence-corrected chi connectivity index (χ1v) is 5.95. The minimum absolute atomic E-state index is 0.177. The van der Waals surface area contributed by atoms with Gasteiger partial charge in [-0.25, -0.2) is 9.37 Å². The highest BCUT2D eigenvalue weighted by Crippen LogP contribution is 2.18. The van der Waals surface area contributed by atoms with Gasteiger partial charge in [0.15, 0.2) is 11.6 Å². The number of hydrogen-bond acceptors (Lipinski definition) is 4. The molecular weight excluding hydrogens is 261 g/mol. The first kappa shape index (κ1) is 13.9. The van der Waals surface area contributed by atoms with Gasteiger partial charge in [-0.15, -0.1) is 0 Å². The first-order chi connectivity index (χ1) is 9.61. The van der Waals surface area contributed by atoms with E-state index in [9.17, 15) is 9.18 Å². The van der Waals surface area contributed by atoms with Crippen molar-refractivity contribution in [2.45, 2.75) is 6.54 Å². The standard InChI is InChI=1S/C14H14FN3O2/c1-18(14(19)12-8-16-5-6-17-12)9-10-3-4-13(20-2)11(15)7-10/h3-8H,9H2,1-2H3. The molecule has 2 aromatic rings. The summed E-state index contributed by atoms with van der Waals surface area (Å²) in [6, 6.07) is 4.59. The van der Waals surface area contributed by atoms with Gasteiger partial charge in [0.25, 0.3) is 5.91 Å². The van der Waals surface area contributed by atoms with Crippen LogP contribution in [0.4, 0.5) is 4.39 Å². The van der Waals surface area contributed by atoms with E-state index in [1.165, 1.54) is 42.7 Å². The molecule has 0 radical (unpaired) electrons. The summed E-state index contributed by atoms with van der Waals surface area (Å²) < 4.78 is 18.4. The molecule has 1 amide bonds. The number of nitrogens with zero attached hydrogens (tertiary/aromatic N) is 3. The fourth-order valence-corrected chi connectivity index (χ4v) is 1.76. The number of rotatable bonds is 4. The van der Waals surface area contributed by atoms with Gasteiger partial charge >= 0.3 is 0 Å². The smallest absolute Gasteiger partial charge is 0.274 e. The van der Waals surface area contributed by atoms with Crippen LogP contribution < -0.4 is 4.74 Å². The molecule has 104 valence electrons. The van der Waals surface area contributed by atoms with E-state index in [4.69, 9.17) is 4.74 Å². The van der Waals surface area contributed by atoms with Crippen molar-refractivity contribution in [2.75, 3.05) is 14.2 Å². The first-order valence-electron chi connectivity index (χ1n) is 5.95. The van der Waals surface area contributed by atoms with Gasteiger partial charge in [-0.3, -0.25) is 9.78 Å². The molecule has 0 bridgehead atoms. The van der Waals surface area contributed by atoms with Crippen LogP contribution in [0.15, 0.2) is 36.8 Å². The van der Waals surface area contributed by atoms with Crippen LogP contribution in [0, 0.1) is 5.82 Å². The largest absolute Gasteiger partial charge is 0.494 e. The van der Waals surface area contributed by atoms with Gasteiger partial charge in [-0.2, -0.15) is 0 Å². The average Bonchev–Trinajstić information content (AvgIpc) is 2.47. The lowest BCUT2D eigenvalue weighted by atomic mass is 10.2. The summed E-state index contributed by atoms with van der Waals surface area (Å²) in [6.45, 7) is 0.274. The third kappa shape index (κ3) is 3.09. The van der Waals surface area contributed by atoms with Crippen LogP contribution in [0.1, 0.15) is 16.1 Å². The number of carbonyl (C=O) groups is 1. The molecule has 0 aliphatic carbocycles. The van der Waals surface area contributed by atoms with Crippen molar-refractivity contribution in [3.8, 4) is 5.75 Å². The third-order valence-corrected chi connectivity index (χ3v) is 2.76. The molecule has 20 heavy (non-hydrogen) atoms. The summed E-state index contributed by atoms with van der Waals surface area (Å²) in [5.41, 5.74) is 0.923. The molecule has 1 aromatic carbocycles. The number of amides is 1. The number of benzene rings is 1. The van der Waals surface area contributed by atoms with Crippen LogP contribution in [-0.4, -0.2) is 34.9 Å². The highest BCUT2D eigenvalue weighted by molar-refractivity contribution is 5.91. The van der Waals surface area contributed by atoms with Gasteiger partial charge < -0.3 is 9.64 Å².